The van der Waals surface area contributed by atoms with Crippen LogP contribution in [0.3, 0.4) is 0 Å². The topological polar surface area (TPSA) is 115 Å². The minimum absolute atomic E-state index is 0.117. The molecule has 1 aromatic heterocycles. The third-order valence-corrected chi connectivity index (χ3v) is 6.20. The van der Waals surface area contributed by atoms with Crippen molar-refractivity contribution in [3.8, 4) is 17.5 Å². The number of hydrogen-bond acceptors (Lipinski definition) is 8. The lowest BCUT2D eigenvalue weighted by Gasteiger charge is -2.28. The molecular weight excluding hydrogens is 442 g/mol. The highest BCUT2D eigenvalue weighted by atomic mass is 16.5. The first-order valence-electron chi connectivity index (χ1n) is 11.8. The van der Waals surface area contributed by atoms with Crippen molar-refractivity contribution in [1.29, 1.82) is 5.26 Å². The van der Waals surface area contributed by atoms with E-state index in [9.17, 15) is 10.1 Å². The standard InChI is InChI=1S/C26H27N7O2/c27-17-19-16-18(3-8-22(19)31-26(34)23-2-1-10-28-23)25-29-11-9-24(32-25)30-20-4-6-21(7-5-20)33-12-14-35-15-13-33/h3-9,11,16,23,28H,1-2,10,12-15H2,(H,31,34)(H,29,30,32). The first-order chi connectivity index (χ1) is 17.2. The summed E-state index contributed by atoms with van der Waals surface area (Å²) >= 11 is 0. The summed E-state index contributed by atoms with van der Waals surface area (Å²) in [5.74, 6) is 1.03. The van der Waals surface area contributed by atoms with Gasteiger partial charge >= 0.3 is 0 Å². The van der Waals surface area contributed by atoms with E-state index >= 15 is 0 Å². The molecule has 2 fully saturated rings. The molecule has 1 atom stereocenters. The predicted octanol–water partition coefficient (Wildman–Crippen LogP) is 3.29. The first kappa shape index (κ1) is 22.8. The molecule has 35 heavy (non-hydrogen) atoms. The van der Waals surface area contributed by atoms with E-state index in [-0.39, 0.29) is 11.9 Å². The van der Waals surface area contributed by atoms with Crippen LogP contribution in [0.15, 0.2) is 54.7 Å². The van der Waals surface area contributed by atoms with Crippen LogP contribution >= 0.6 is 0 Å². The van der Waals surface area contributed by atoms with Crippen molar-refractivity contribution < 1.29 is 9.53 Å². The number of aromatic nitrogens is 2. The Morgan fingerprint density at radius 3 is 2.71 bits per heavy atom. The largest absolute Gasteiger partial charge is 0.378 e. The molecule has 3 aromatic rings. The minimum Gasteiger partial charge on any atom is -0.378 e. The molecule has 2 aromatic carbocycles. The van der Waals surface area contributed by atoms with Gasteiger partial charge in [0.1, 0.15) is 11.9 Å². The van der Waals surface area contributed by atoms with E-state index in [4.69, 9.17) is 4.74 Å². The van der Waals surface area contributed by atoms with Crippen LogP contribution in [0, 0.1) is 11.3 Å². The number of anilines is 4. The van der Waals surface area contributed by atoms with Crippen LogP contribution in [0.1, 0.15) is 18.4 Å². The molecule has 1 amide bonds. The van der Waals surface area contributed by atoms with Crippen LogP contribution in [0.2, 0.25) is 0 Å². The number of morpholine rings is 1. The molecule has 178 valence electrons. The monoisotopic (exact) mass is 469 g/mol. The van der Waals surface area contributed by atoms with E-state index in [1.165, 1.54) is 5.69 Å². The van der Waals surface area contributed by atoms with Crippen molar-refractivity contribution in [1.82, 2.24) is 15.3 Å². The minimum atomic E-state index is -0.213. The van der Waals surface area contributed by atoms with Crippen molar-refractivity contribution in [2.24, 2.45) is 0 Å². The Bertz CT molecular complexity index is 1230. The summed E-state index contributed by atoms with van der Waals surface area (Å²) < 4.78 is 5.42. The van der Waals surface area contributed by atoms with Gasteiger partial charge in [-0.2, -0.15) is 5.26 Å². The maximum atomic E-state index is 12.4. The number of hydrogen-bond donors (Lipinski definition) is 3. The third-order valence-electron chi connectivity index (χ3n) is 6.20. The molecule has 1 unspecified atom stereocenters. The molecule has 3 heterocycles. The fourth-order valence-electron chi connectivity index (χ4n) is 4.31. The summed E-state index contributed by atoms with van der Waals surface area (Å²) in [7, 11) is 0. The molecule has 0 radical (unpaired) electrons. The number of nitrogens with one attached hydrogen (secondary N) is 3. The van der Waals surface area contributed by atoms with Crippen molar-refractivity contribution >= 4 is 28.8 Å². The maximum absolute atomic E-state index is 12.4. The summed E-state index contributed by atoms with van der Waals surface area (Å²) in [6.07, 6.45) is 3.46. The number of amides is 1. The number of benzene rings is 2. The second-order valence-electron chi connectivity index (χ2n) is 8.55. The smallest absolute Gasteiger partial charge is 0.241 e. The molecular formula is C26H27N7O2. The average Bonchev–Trinajstić information content (AvgIpc) is 3.45. The second-order valence-corrected chi connectivity index (χ2v) is 8.55. The van der Waals surface area contributed by atoms with Gasteiger partial charge in [0.05, 0.1) is 30.5 Å². The van der Waals surface area contributed by atoms with Gasteiger partial charge in [-0.15, -0.1) is 0 Å². The summed E-state index contributed by atoms with van der Waals surface area (Å²) in [6, 6.07) is 17.2. The Balaban J connectivity index is 1.29. The first-order valence-corrected chi connectivity index (χ1v) is 11.8. The molecule has 9 nitrogen and oxygen atoms in total. The highest BCUT2D eigenvalue weighted by Crippen LogP contribution is 2.25. The summed E-state index contributed by atoms with van der Waals surface area (Å²) in [5.41, 5.74) is 3.65. The zero-order chi connectivity index (χ0) is 24.0. The van der Waals surface area contributed by atoms with Gasteiger partial charge in [0, 0.05) is 36.2 Å². The van der Waals surface area contributed by atoms with E-state index in [0.717, 1.165) is 51.4 Å². The fourth-order valence-corrected chi connectivity index (χ4v) is 4.31. The molecule has 9 heteroatoms. The van der Waals surface area contributed by atoms with Crippen molar-refractivity contribution in [2.45, 2.75) is 18.9 Å². The highest BCUT2D eigenvalue weighted by Gasteiger charge is 2.22. The third kappa shape index (κ3) is 5.40. The number of carbonyl (C=O) groups excluding carboxylic acids is 1. The summed E-state index contributed by atoms with van der Waals surface area (Å²) in [4.78, 5) is 23.8. The van der Waals surface area contributed by atoms with E-state index in [0.29, 0.717) is 28.5 Å². The Labute approximate surface area is 204 Å². The zero-order valence-electron chi connectivity index (χ0n) is 19.3. The van der Waals surface area contributed by atoms with Gasteiger partial charge < -0.3 is 25.6 Å². The fraction of sp³-hybridized carbons (Fsp3) is 0.308. The van der Waals surface area contributed by atoms with E-state index in [1.54, 1.807) is 24.4 Å². The van der Waals surface area contributed by atoms with Crippen LogP contribution < -0.4 is 20.9 Å². The molecule has 0 bridgehead atoms. The SMILES string of the molecule is N#Cc1cc(-c2nccc(Nc3ccc(N4CCOCC4)cc3)n2)ccc1NC(=O)C1CCCN1. The number of rotatable bonds is 6. The lowest BCUT2D eigenvalue weighted by Crippen LogP contribution is -2.36. The lowest BCUT2D eigenvalue weighted by atomic mass is 10.1. The molecule has 0 spiro atoms. The predicted molar refractivity (Wildman–Crippen MR) is 135 cm³/mol. The molecule has 0 saturated carbocycles. The van der Waals surface area contributed by atoms with Crippen LogP contribution in [0.5, 0.6) is 0 Å². The van der Waals surface area contributed by atoms with Gasteiger partial charge in [0.25, 0.3) is 0 Å². The number of nitriles is 1. The average molecular weight is 470 g/mol. The Morgan fingerprint density at radius 1 is 1.14 bits per heavy atom. The maximum Gasteiger partial charge on any atom is 0.241 e. The molecule has 0 aliphatic carbocycles. The van der Waals surface area contributed by atoms with E-state index in [2.05, 4.69) is 49.0 Å². The van der Waals surface area contributed by atoms with Crippen LogP contribution in [-0.4, -0.2) is 54.8 Å². The molecule has 5 rings (SSSR count). The highest BCUT2D eigenvalue weighted by molar-refractivity contribution is 5.96. The Kier molecular flexibility index (Phi) is 6.84. The van der Waals surface area contributed by atoms with Gasteiger partial charge in [0.2, 0.25) is 5.91 Å². The quantitative estimate of drug-likeness (QED) is 0.504. The van der Waals surface area contributed by atoms with Crippen molar-refractivity contribution in [2.75, 3.05) is 48.4 Å². The van der Waals surface area contributed by atoms with Gasteiger partial charge in [-0.1, -0.05) is 0 Å². The summed E-state index contributed by atoms with van der Waals surface area (Å²) in [6.45, 7) is 4.13. The van der Waals surface area contributed by atoms with Gasteiger partial charge in [-0.25, -0.2) is 9.97 Å². The molecule has 3 N–H and O–H groups in total. The van der Waals surface area contributed by atoms with Crippen LogP contribution in [0.25, 0.3) is 11.4 Å². The number of nitrogens with zero attached hydrogens (tertiary/aromatic N) is 4. The Hall–Kier alpha value is -4.00. The molecule has 2 aliphatic heterocycles. The van der Waals surface area contributed by atoms with E-state index < -0.39 is 0 Å². The second kappa shape index (κ2) is 10.5. The van der Waals surface area contributed by atoms with Gasteiger partial charge in [-0.3, -0.25) is 4.79 Å². The molecule has 2 saturated heterocycles. The van der Waals surface area contributed by atoms with E-state index in [1.807, 2.05) is 18.2 Å². The van der Waals surface area contributed by atoms with Gasteiger partial charge in [0.15, 0.2) is 5.82 Å². The number of carbonyl (C=O) groups is 1. The van der Waals surface area contributed by atoms with Gasteiger partial charge in [-0.05, 0) is 67.9 Å². The number of ether oxygens (including phenoxy) is 1. The molecule has 2 aliphatic rings. The van der Waals surface area contributed by atoms with Crippen molar-refractivity contribution in [3.63, 3.8) is 0 Å². The lowest BCUT2D eigenvalue weighted by molar-refractivity contribution is -0.117. The summed E-state index contributed by atoms with van der Waals surface area (Å²) in [5, 5.41) is 19.0. The zero-order valence-corrected chi connectivity index (χ0v) is 19.3. The van der Waals surface area contributed by atoms with Crippen molar-refractivity contribution in [3.05, 3.63) is 60.3 Å². The Morgan fingerprint density at radius 2 is 1.97 bits per heavy atom. The normalized spacial score (nSPS) is 17.6. The van der Waals surface area contributed by atoms with Crippen LogP contribution in [0.4, 0.5) is 22.9 Å². The van der Waals surface area contributed by atoms with Crippen LogP contribution in [-0.2, 0) is 9.53 Å².